The molecule has 0 saturated heterocycles. The van der Waals surface area contributed by atoms with Crippen molar-refractivity contribution >= 4 is 62.7 Å². The highest BCUT2D eigenvalue weighted by molar-refractivity contribution is 9.10. The van der Waals surface area contributed by atoms with Gasteiger partial charge in [0.05, 0.1) is 16.1 Å². The minimum atomic E-state index is -3.94. The summed E-state index contributed by atoms with van der Waals surface area (Å²) < 4.78 is 11.5. The molecular formula is C14H12BrCl2O4PS. The minimum absolute atomic E-state index is 0.00549. The van der Waals surface area contributed by atoms with Gasteiger partial charge in [-0.1, -0.05) is 41.4 Å². The maximum Gasteiger partial charge on any atom is 0.221 e. The molecule has 0 aliphatic carbocycles. The molecule has 0 bridgehead atoms. The smallest absolute Gasteiger partial charge is 0.221 e. The summed E-state index contributed by atoms with van der Waals surface area (Å²) in [7, 11) is 0. The van der Waals surface area contributed by atoms with E-state index in [1.165, 1.54) is 0 Å². The van der Waals surface area contributed by atoms with E-state index in [9.17, 15) is 9.79 Å². The molecule has 0 aliphatic rings. The summed E-state index contributed by atoms with van der Waals surface area (Å²) in [4.78, 5) is 20.2. The Bertz CT molecular complexity index is 767. The topological polar surface area (TPSA) is 58.9 Å². The fourth-order valence-electron chi connectivity index (χ4n) is 1.85. The lowest BCUT2D eigenvalue weighted by atomic mass is 10.3. The molecule has 0 saturated carbocycles. The third-order valence-corrected chi connectivity index (χ3v) is 6.26. The van der Waals surface area contributed by atoms with Gasteiger partial charge in [-0.3, -0.25) is 0 Å². The monoisotopic (exact) mass is 456 g/mol. The zero-order valence-corrected chi connectivity index (χ0v) is 16.6. The van der Waals surface area contributed by atoms with E-state index in [0.717, 1.165) is 0 Å². The van der Waals surface area contributed by atoms with E-state index in [4.69, 9.17) is 44.5 Å². The van der Waals surface area contributed by atoms with Crippen LogP contribution in [0.1, 0.15) is 6.92 Å². The van der Waals surface area contributed by atoms with Crippen molar-refractivity contribution in [1.82, 2.24) is 0 Å². The maximum absolute atomic E-state index is 10.1. The van der Waals surface area contributed by atoms with Crippen molar-refractivity contribution < 1.29 is 19.3 Å². The number of hydrogen-bond donors (Lipinski definition) is 2. The predicted octanol–water partition coefficient (Wildman–Crippen LogP) is 4.87. The lowest BCUT2D eigenvalue weighted by molar-refractivity contribution is 0.340. The Hall–Kier alpha value is -0.330. The third kappa shape index (κ3) is 4.20. The van der Waals surface area contributed by atoms with Gasteiger partial charge in [0.1, 0.15) is 16.1 Å². The molecule has 2 rings (SSSR count). The van der Waals surface area contributed by atoms with E-state index < -0.39 is 6.49 Å². The van der Waals surface area contributed by atoms with Crippen LogP contribution in [0.15, 0.2) is 34.8 Å². The van der Waals surface area contributed by atoms with E-state index >= 15 is 0 Å². The lowest BCUT2D eigenvalue weighted by Gasteiger charge is -2.21. The highest BCUT2D eigenvalue weighted by atomic mass is 79.9. The fraction of sp³-hybridized carbons (Fsp3) is 0.143. The number of hydrogen-bond acceptors (Lipinski definition) is 3. The van der Waals surface area contributed by atoms with Crippen molar-refractivity contribution in [3.8, 4) is 17.2 Å². The summed E-state index contributed by atoms with van der Waals surface area (Å²) in [5.41, 5.74) is 0. The van der Waals surface area contributed by atoms with Gasteiger partial charge >= 0.3 is 0 Å². The van der Waals surface area contributed by atoms with E-state index in [1.54, 1.807) is 31.2 Å². The number of rotatable bonds is 5. The summed E-state index contributed by atoms with van der Waals surface area (Å²) in [6.45, 7) is -1.95. The first-order valence-electron chi connectivity index (χ1n) is 6.39. The largest absolute Gasteiger partial charge is 0.491 e. The van der Waals surface area contributed by atoms with Crippen LogP contribution in [0.5, 0.6) is 17.2 Å². The molecule has 0 fully saturated rings. The second-order valence-corrected chi connectivity index (χ2v) is 8.95. The molecule has 2 aromatic rings. The van der Waals surface area contributed by atoms with Crippen LogP contribution in [0.25, 0.3) is 0 Å². The Morgan fingerprint density at radius 1 is 1.13 bits per heavy atom. The van der Waals surface area contributed by atoms with Crippen LogP contribution >= 0.6 is 45.6 Å². The molecule has 0 amide bonds. The molecule has 0 unspecified atom stereocenters. The highest BCUT2D eigenvalue weighted by Crippen LogP contribution is 2.51. The summed E-state index contributed by atoms with van der Waals surface area (Å²) in [6.07, 6.45) is 0. The number of ether oxygens (including phenoxy) is 2. The second-order valence-electron chi connectivity index (χ2n) is 4.34. The van der Waals surface area contributed by atoms with Crippen LogP contribution < -0.4 is 14.8 Å². The summed E-state index contributed by atoms with van der Waals surface area (Å²) in [5.74, 6) is 0.506. The predicted molar refractivity (Wildman–Crippen MR) is 100 cm³/mol. The molecule has 4 nitrogen and oxygen atoms in total. The van der Waals surface area contributed by atoms with Crippen molar-refractivity contribution in [2.24, 2.45) is 0 Å². The van der Waals surface area contributed by atoms with Gasteiger partial charge in [0, 0.05) is 0 Å². The van der Waals surface area contributed by atoms with Gasteiger partial charge in [-0.25, -0.2) is 0 Å². The Balaban J connectivity index is 2.75. The molecule has 2 N–H and O–H groups in total. The molecule has 0 heterocycles. The molecule has 124 valence electrons. The van der Waals surface area contributed by atoms with Crippen LogP contribution in [-0.4, -0.2) is 16.4 Å². The first-order valence-corrected chi connectivity index (χ1v) is 10.6. The molecule has 0 aromatic heterocycles. The molecule has 0 radical (unpaired) electrons. The average Bonchev–Trinajstić information content (AvgIpc) is 2.50. The van der Waals surface area contributed by atoms with Gasteiger partial charge in [-0.2, -0.15) is 0 Å². The Labute approximate surface area is 157 Å². The normalized spacial score (nSPS) is 11.4. The van der Waals surface area contributed by atoms with Gasteiger partial charge in [0.25, 0.3) is 0 Å². The standard InChI is InChI=1S/C14H12BrCl2O4PS/c1-2-20-12-10(16)9(15)11(17)13(14(12)22(18,19)23)21-8-6-4-3-5-7-8/h3-7H,2H2,1H3,(H2,18,19,23). The Morgan fingerprint density at radius 3 is 2.22 bits per heavy atom. The SMILES string of the molecule is CCOc1c(Cl)c(Br)c(Cl)c(Oc2ccccc2)c1P(O)(O)=S. The lowest BCUT2D eigenvalue weighted by Crippen LogP contribution is -2.14. The van der Waals surface area contributed by atoms with Crippen LogP contribution in [0.3, 0.4) is 0 Å². The zero-order chi connectivity index (χ0) is 17.2. The molecule has 23 heavy (non-hydrogen) atoms. The number of benzene rings is 2. The Kier molecular flexibility index (Phi) is 6.36. The summed E-state index contributed by atoms with van der Waals surface area (Å²) in [5, 5.41) is 0.0654. The van der Waals surface area contributed by atoms with Crippen molar-refractivity contribution in [1.29, 1.82) is 0 Å². The fourth-order valence-corrected chi connectivity index (χ4v) is 4.22. The molecule has 0 aliphatic heterocycles. The highest BCUT2D eigenvalue weighted by Gasteiger charge is 2.31. The van der Waals surface area contributed by atoms with E-state index in [2.05, 4.69) is 15.9 Å². The summed E-state index contributed by atoms with van der Waals surface area (Å²) in [6, 6.07) is 8.75. The summed E-state index contributed by atoms with van der Waals surface area (Å²) >= 11 is 20.6. The van der Waals surface area contributed by atoms with Crippen LogP contribution in [0.4, 0.5) is 0 Å². The minimum Gasteiger partial charge on any atom is -0.491 e. The first kappa shape index (κ1) is 19.0. The van der Waals surface area contributed by atoms with Gasteiger partial charge in [0.2, 0.25) is 6.49 Å². The number of halogens is 3. The molecule has 0 spiro atoms. The van der Waals surface area contributed by atoms with Crippen LogP contribution in [0.2, 0.25) is 10.0 Å². The van der Waals surface area contributed by atoms with Crippen LogP contribution in [-0.2, 0) is 11.8 Å². The van der Waals surface area contributed by atoms with Crippen molar-refractivity contribution in [3.63, 3.8) is 0 Å². The van der Waals surface area contributed by atoms with Crippen molar-refractivity contribution in [2.75, 3.05) is 6.61 Å². The van der Waals surface area contributed by atoms with E-state index in [-0.39, 0.29) is 33.5 Å². The molecule has 2 aromatic carbocycles. The maximum atomic E-state index is 10.1. The van der Waals surface area contributed by atoms with Crippen molar-refractivity contribution in [3.05, 3.63) is 44.8 Å². The number of para-hydroxylation sites is 1. The molecule has 9 heteroatoms. The Morgan fingerprint density at radius 2 is 1.70 bits per heavy atom. The van der Waals surface area contributed by atoms with Gasteiger partial charge < -0.3 is 19.3 Å². The van der Waals surface area contributed by atoms with Gasteiger partial charge in [-0.15, -0.1) is 0 Å². The van der Waals surface area contributed by atoms with Gasteiger partial charge in [0.15, 0.2) is 11.5 Å². The van der Waals surface area contributed by atoms with E-state index in [0.29, 0.717) is 10.2 Å². The third-order valence-electron chi connectivity index (χ3n) is 2.76. The van der Waals surface area contributed by atoms with Crippen molar-refractivity contribution in [2.45, 2.75) is 6.92 Å². The van der Waals surface area contributed by atoms with Crippen LogP contribution in [0, 0.1) is 0 Å². The van der Waals surface area contributed by atoms with E-state index in [1.807, 2.05) is 6.07 Å². The second kappa shape index (κ2) is 7.70. The average molecular weight is 458 g/mol. The zero-order valence-electron chi connectivity index (χ0n) is 11.8. The van der Waals surface area contributed by atoms with Gasteiger partial charge in [-0.05, 0) is 46.8 Å². The quantitative estimate of drug-likeness (QED) is 0.495. The molecule has 0 atom stereocenters. The molecular weight excluding hydrogens is 446 g/mol. The first-order chi connectivity index (χ1) is 10.8.